The molecule has 1 rings (SSSR count). The molecule has 0 aromatic rings. The SMILES string of the molecule is C[C@H]1CC(CC(F)(F)F)[C@@H](C)N1. The monoisotopic (exact) mass is 181 g/mol. The van der Waals surface area contributed by atoms with Crippen LogP contribution < -0.4 is 5.32 Å². The summed E-state index contributed by atoms with van der Waals surface area (Å²) in [5.41, 5.74) is 0. The number of alkyl halides is 3. The maximum Gasteiger partial charge on any atom is 0.389 e. The van der Waals surface area contributed by atoms with Gasteiger partial charge in [-0.3, -0.25) is 0 Å². The number of hydrogen-bond donors (Lipinski definition) is 1. The van der Waals surface area contributed by atoms with Gasteiger partial charge in [0.05, 0.1) is 0 Å². The predicted molar refractivity (Wildman–Crippen MR) is 40.8 cm³/mol. The minimum atomic E-state index is -4.01. The molecule has 1 nitrogen and oxygen atoms in total. The standard InChI is InChI=1S/C8H14F3N/c1-5-3-7(6(2)12-5)4-8(9,10)11/h5-7,12H,3-4H2,1-2H3/t5-,6+,7?/m0/s1. The quantitative estimate of drug-likeness (QED) is 0.654. The summed E-state index contributed by atoms with van der Waals surface area (Å²) in [6.45, 7) is 3.74. The maximum atomic E-state index is 12.0. The van der Waals surface area contributed by atoms with E-state index in [1.54, 1.807) is 0 Å². The minimum absolute atomic E-state index is 0.00150. The van der Waals surface area contributed by atoms with Gasteiger partial charge < -0.3 is 5.32 Å². The summed E-state index contributed by atoms with van der Waals surface area (Å²) in [7, 11) is 0. The van der Waals surface area contributed by atoms with Crippen LogP contribution in [0.5, 0.6) is 0 Å². The van der Waals surface area contributed by atoms with Crippen LogP contribution in [0.15, 0.2) is 0 Å². The highest BCUT2D eigenvalue weighted by atomic mass is 19.4. The van der Waals surface area contributed by atoms with Gasteiger partial charge in [0.15, 0.2) is 0 Å². The Kier molecular flexibility index (Phi) is 2.66. The molecule has 0 spiro atoms. The number of rotatable bonds is 1. The number of halogens is 3. The summed E-state index contributed by atoms with van der Waals surface area (Å²) in [5.74, 6) is -0.236. The van der Waals surface area contributed by atoms with Gasteiger partial charge >= 0.3 is 6.18 Å². The van der Waals surface area contributed by atoms with Gasteiger partial charge in [0.1, 0.15) is 0 Å². The number of nitrogens with one attached hydrogen (secondary N) is 1. The molecule has 1 aliphatic heterocycles. The average Bonchev–Trinajstić information content (AvgIpc) is 2.06. The zero-order valence-corrected chi connectivity index (χ0v) is 7.28. The second kappa shape index (κ2) is 3.24. The first kappa shape index (κ1) is 9.84. The number of hydrogen-bond acceptors (Lipinski definition) is 1. The molecule has 0 aromatic heterocycles. The van der Waals surface area contributed by atoms with Gasteiger partial charge in [-0.05, 0) is 26.2 Å². The first-order chi connectivity index (χ1) is 5.38. The van der Waals surface area contributed by atoms with Gasteiger partial charge in [0, 0.05) is 18.5 Å². The molecule has 12 heavy (non-hydrogen) atoms. The molecule has 1 aliphatic rings. The highest BCUT2D eigenvalue weighted by Crippen LogP contribution is 2.32. The summed E-state index contributed by atoms with van der Waals surface area (Å²) < 4.78 is 35.9. The van der Waals surface area contributed by atoms with E-state index in [0.717, 1.165) is 0 Å². The smallest absolute Gasteiger partial charge is 0.311 e. The van der Waals surface area contributed by atoms with Gasteiger partial charge in [-0.2, -0.15) is 13.2 Å². The van der Waals surface area contributed by atoms with Crippen LogP contribution in [0.3, 0.4) is 0 Å². The van der Waals surface area contributed by atoms with Gasteiger partial charge in [0.2, 0.25) is 0 Å². The van der Waals surface area contributed by atoms with Crippen molar-refractivity contribution in [1.82, 2.24) is 5.32 Å². The predicted octanol–water partition coefficient (Wildman–Crippen LogP) is 2.33. The molecule has 1 heterocycles. The molecule has 0 saturated carbocycles. The molecule has 0 radical (unpaired) electrons. The van der Waals surface area contributed by atoms with Crippen LogP contribution in [0.2, 0.25) is 0 Å². The summed E-state index contributed by atoms with van der Waals surface area (Å²) >= 11 is 0. The molecule has 0 aromatic carbocycles. The van der Waals surface area contributed by atoms with Gasteiger partial charge in [-0.25, -0.2) is 0 Å². The lowest BCUT2D eigenvalue weighted by molar-refractivity contribution is -0.144. The van der Waals surface area contributed by atoms with Crippen molar-refractivity contribution in [2.45, 2.75) is 44.9 Å². The zero-order valence-electron chi connectivity index (χ0n) is 7.28. The summed E-state index contributed by atoms with van der Waals surface area (Å²) in [4.78, 5) is 0. The van der Waals surface area contributed by atoms with Crippen molar-refractivity contribution >= 4 is 0 Å². The van der Waals surface area contributed by atoms with Crippen molar-refractivity contribution in [3.05, 3.63) is 0 Å². The van der Waals surface area contributed by atoms with E-state index in [2.05, 4.69) is 5.32 Å². The van der Waals surface area contributed by atoms with Crippen LogP contribution in [0.25, 0.3) is 0 Å². The molecular weight excluding hydrogens is 167 g/mol. The zero-order chi connectivity index (χ0) is 9.35. The van der Waals surface area contributed by atoms with Crippen molar-refractivity contribution in [3.8, 4) is 0 Å². The third-order valence-corrected chi connectivity index (χ3v) is 2.40. The molecule has 1 fully saturated rings. The van der Waals surface area contributed by atoms with Gasteiger partial charge in [0.25, 0.3) is 0 Å². The molecule has 0 amide bonds. The van der Waals surface area contributed by atoms with E-state index < -0.39 is 12.6 Å². The largest absolute Gasteiger partial charge is 0.389 e. The summed E-state index contributed by atoms with van der Waals surface area (Å²) in [6.07, 6.45) is -4.02. The van der Waals surface area contributed by atoms with Crippen LogP contribution in [-0.4, -0.2) is 18.3 Å². The molecule has 72 valence electrons. The molecule has 0 bridgehead atoms. The summed E-state index contributed by atoms with van der Waals surface area (Å²) in [5, 5.41) is 3.09. The molecule has 4 heteroatoms. The fraction of sp³-hybridized carbons (Fsp3) is 1.00. The normalized spacial score (nSPS) is 37.2. The topological polar surface area (TPSA) is 12.0 Å². The van der Waals surface area contributed by atoms with Crippen LogP contribution in [0, 0.1) is 5.92 Å². The highest BCUT2D eigenvalue weighted by Gasteiger charge is 2.38. The Morgan fingerprint density at radius 3 is 2.25 bits per heavy atom. The summed E-state index contributed by atoms with van der Waals surface area (Å²) in [6, 6.07) is 0.231. The molecule has 1 N–H and O–H groups in total. The Morgan fingerprint density at radius 1 is 1.33 bits per heavy atom. The first-order valence-corrected chi connectivity index (χ1v) is 4.21. The van der Waals surface area contributed by atoms with Crippen LogP contribution >= 0.6 is 0 Å². The van der Waals surface area contributed by atoms with Gasteiger partial charge in [-0.15, -0.1) is 0 Å². The molecular formula is C8H14F3N. The Hall–Kier alpha value is -0.250. The Balaban J connectivity index is 2.43. The van der Waals surface area contributed by atoms with Gasteiger partial charge in [-0.1, -0.05) is 0 Å². The van der Waals surface area contributed by atoms with Crippen molar-refractivity contribution in [1.29, 1.82) is 0 Å². The third kappa shape index (κ3) is 2.66. The Bertz CT molecular complexity index is 155. The van der Waals surface area contributed by atoms with E-state index in [1.165, 1.54) is 0 Å². The van der Waals surface area contributed by atoms with E-state index in [4.69, 9.17) is 0 Å². The second-order valence-electron chi connectivity index (χ2n) is 3.67. The van der Waals surface area contributed by atoms with Crippen molar-refractivity contribution in [2.75, 3.05) is 0 Å². The van der Waals surface area contributed by atoms with E-state index in [-0.39, 0.29) is 18.0 Å². The van der Waals surface area contributed by atoms with E-state index in [0.29, 0.717) is 6.42 Å². The van der Waals surface area contributed by atoms with E-state index in [1.807, 2.05) is 13.8 Å². The fourth-order valence-corrected chi connectivity index (χ4v) is 1.87. The lowest BCUT2D eigenvalue weighted by Crippen LogP contribution is -2.28. The second-order valence-corrected chi connectivity index (χ2v) is 3.67. The fourth-order valence-electron chi connectivity index (χ4n) is 1.87. The van der Waals surface area contributed by atoms with Crippen molar-refractivity contribution in [3.63, 3.8) is 0 Å². The van der Waals surface area contributed by atoms with Crippen LogP contribution in [0.1, 0.15) is 26.7 Å². The van der Waals surface area contributed by atoms with Crippen LogP contribution in [0.4, 0.5) is 13.2 Å². The van der Waals surface area contributed by atoms with Crippen LogP contribution in [-0.2, 0) is 0 Å². The third-order valence-electron chi connectivity index (χ3n) is 2.40. The lowest BCUT2D eigenvalue weighted by Gasteiger charge is -2.16. The van der Waals surface area contributed by atoms with E-state index in [9.17, 15) is 13.2 Å². The average molecular weight is 181 g/mol. The lowest BCUT2D eigenvalue weighted by atomic mass is 9.96. The molecule has 1 unspecified atom stereocenters. The van der Waals surface area contributed by atoms with Crippen molar-refractivity contribution < 1.29 is 13.2 Å². The Morgan fingerprint density at radius 2 is 1.92 bits per heavy atom. The Labute approximate surface area is 70.3 Å². The highest BCUT2D eigenvalue weighted by molar-refractivity contribution is 4.86. The minimum Gasteiger partial charge on any atom is -0.311 e. The first-order valence-electron chi connectivity index (χ1n) is 4.21. The molecule has 3 atom stereocenters. The molecule has 0 aliphatic carbocycles. The maximum absolute atomic E-state index is 12.0. The molecule has 1 saturated heterocycles. The van der Waals surface area contributed by atoms with Crippen molar-refractivity contribution in [2.24, 2.45) is 5.92 Å². The van der Waals surface area contributed by atoms with E-state index >= 15 is 0 Å².